The van der Waals surface area contributed by atoms with Crippen molar-refractivity contribution in [3.8, 4) is 0 Å². The molecule has 0 bridgehead atoms. The van der Waals surface area contributed by atoms with Gasteiger partial charge in [-0.3, -0.25) is 10.3 Å². The van der Waals surface area contributed by atoms with E-state index in [1.165, 1.54) is 6.07 Å². The number of benzene rings is 2. The van der Waals surface area contributed by atoms with E-state index in [0.29, 0.717) is 11.6 Å². The predicted molar refractivity (Wildman–Crippen MR) is 113 cm³/mol. The summed E-state index contributed by atoms with van der Waals surface area (Å²) in [5.74, 6) is -0.145. The molecule has 0 saturated carbocycles. The molecule has 142 valence electrons. The van der Waals surface area contributed by atoms with E-state index in [1.54, 1.807) is 12.3 Å². The summed E-state index contributed by atoms with van der Waals surface area (Å²) in [5.41, 5.74) is 10.4. The zero-order valence-corrected chi connectivity index (χ0v) is 16.3. The number of nitrogens with one attached hydrogen (secondary N) is 1. The molecule has 0 aromatic heterocycles. The fourth-order valence-electron chi connectivity index (χ4n) is 3.01. The Morgan fingerprint density at radius 1 is 1.22 bits per heavy atom. The van der Waals surface area contributed by atoms with Gasteiger partial charge in [-0.1, -0.05) is 29.8 Å². The van der Waals surface area contributed by atoms with Crippen molar-refractivity contribution in [2.24, 2.45) is 10.8 Å². The third kappa shape index (κ3) is 5.38. The molecule has 1 fully saturated rings. The summed E-state index contributed by atoms with van der Waals surface area (Å²) in [5, 5.41) is 4.63. The van der Waals surface area contributed by atoms with Crippen LogP contribution in [0.2, 0.25) is 5.02 Å². The second kappa shape index (κ2) is 9.12. The number of nitrogens with two attached hydrogens (primary N) is 1. The molecular formula is C19H21ClFN5S. The Hall–Kier alpha value is -2.22. The number of halogens is 2. The Balaban J connectivity index is 1.58. The van der Waals surface area contributed by atoms with Crippen LogP contribution in [-0.2, 0) is 6.54 Å². The van der Waals surface area contributed by atoms with Crippen LogP contribution in [0.3, 0.4) is 0 Å². The van der Waals surface area contributed by atoms with Gasteiger partial charge < -0.3 is 10.6 Å². The molecule has 5 nitrogen and oxygen atoms in total. The summed E-state index contributed by atoms with van der Waals surface area (Å²) in [6.07, 6.45) is 1.58. The number of rotatable bonds is 5. The normalized spacial score (nSPS) is 15.3. The molecule has 2 aromatic rings. The highest BCUT2D eigenvalue weighted by Crippen LogP contribution is 2.24. The summed E-state index contributed by atoms with van der Waals surface area (Å²) < 4.78 is 13.8. The zero-order valence-electron chi connectivity index (χ0n) is 14.7. The van der Waals surface area contributed by atoms with Crippen molar-refractivity contribution in [1.29, 1.82) is 0 Å². The lowest BCUT2D eigenvalue weighted by Gasteiger charge is -2.36. The number of piperazine rings is 1. The maximum atomic E-state index is 13.8. The lowest BCUT2D eigenvalue weighted by atomic mass is 10.1. The number of hydrazone groups is 1. The Labute approximate surface area is 168 Å². The Bertz CT molecular complexity index is 837. The van der Waals surface area contributed by atoms with Gasteiger partial charge in [-0.2, -0.15) is 5.10 Å². The van der Waals surface area contributed by atoms with Crippen molar-refractivity contribution in [3.05, 3.63) is 64.4 Å². The number of hydrogen-bond acceptors (Lipinski definition) is 4. The number of anilines is 1. The Morgan fingerprint density at radius 2 is 1.96 bits per heavy atom. The van der Waals surface area contributed by atoms with Gasteiger partial charge in [0.15, 0.2) is 5.11 Å². The van der Waals surface area contributed by atoms with E-state index in [2.05, 4.69) is 20.3 Å². The van der Waals surface area contributed by atoms with Crippen LogP contribution in [0.25, 0.3) is 0 Å². The van der Waals surface area contributed by atoms with E-state index in [4.69, 9.17) is 29.6 Å². The third-order valence-corrected chi connectivity index (χ3v) is 4.87. The Morgan fingerprint density at radius 3 is 2.63 bits per heavy atom. The third-order valence-electron chi connectivity index (χ3n) is 4.45. The largest absolute Gasteiger partial charge is 0.375 e. The van der Waals surface area contributed by atoms with Gasteiger partial charge in [0.2, 0.25) is 0 Å². The van der Waals surface area contributed by atoms with Crippen molar-refractivity contribution >= 4 is 40.8 Å². The minimum Gasteiger partial charge on any atom is -0.375 e. The summed E-state index contributed by atoms with van der Waals surface area (Å²) in [6.45, 7) is 4.09. The van der Waals surface area contributed by atoms with Crippen molar-refractivity contribution in [2.75, 3.05) is 31.1 Å². The van der Waals surface area contributed by atoms with E-state index in [0.717, 1.165) is 43.0 Å². The van der Waals surface area contributed by atoms with Gasteiger partial charge in [-0.05, 0) is 36.5 Å². The highest BCUT2D eigenvalue weighted by Gasteiger charge is 2.18. The number of nitrogens with zero attached hydrogens (tertiary/aromatic N) is 3. The highest BCUT2D eigenvalue weighted by molar-refractivity contribution is 7.80. The molecule has 1 saturated heterocycles. The van der Waals surface area contributed by atoms with Crippen LogP contribution in [-0.4, -0.2) is 42.4 Å². The second-order valence-corrected chi connectivity index (χ2v) is 7.14. The number of hydrogen-bond donors (Lipinski definition) is 2. The molecule has 0 aliphatic carbocycles. The monoisotopic (exact) mass is 405 g/mol. The fraction of sp³-hybridized carbons (Fsp3) is 0.263. The van der Waals surface area contributed by atoms with E-state index in [1.807, 2.05) is 30.3 Å². The SMILES string of the molecule is NC(=S)N/N=C/c1ccc(N2CCN(Cc3ccccc3F)CC2)cc1Cl. The second-order valence-electron chi connectivity index (χ2n) is 6.29. The molecule has 2 aromatic carbocycles. The quantitative estimate of drug-likeness (QED) is 0.455. The topological polar surface area (TPSA) is 56.9 Å². The van der Waals surface area contributed by atoms with Gasteiger partial charge >= 0.3 is 0 Å². The first-order valence-corrected chi connectivity index (χ1v) is 9.40. The van der Waals surface area contributed by atoms with Crippen molar-refractivity contribution in [2.45, 2.75) is 6.54 Å². The van der Waals surface area contributed by atoms with E-state index >= 15 is 0 Å². The molecule has 8 heteroatoms. The van der Waals surface area contributed by atoms with Crippen LogP contribution in [0.4, 0.5) is 10.1 Å². The Kier molecular flexibility index (Phi) is 6.60. The first-order valence-electron chi connectivity index (χ1n) is 8.61. The fourth-order valence-corrected chi connectivity index (χ4v) is 3.29. The molecule has 1 heterocycles. The molecule has 27 heavy (non-hydrogen) atoms. The molecule has 0 amide bonds. The van der Waals surface area contributed by atoms with Crippen LogP contribution in [0.1, 0.15) is 11.1 Å². The predicted octanol–water partition coefficient (Wildman–Crippen LogP) is 2.97. The van der Waals surface area contributed by atoms with Crippen molar-refractivity contribution < 1.29 is 4.39 Å². The lowest BCUT2D eigenvalue weighted by molar-refractivity contribution is 0.246. The van der Waals surface area contributed by atoms with Gasteiger partial charge in [-0.25, -0.2) is 4.39 Å². The summed E-state index contributed by atoms with van der Waals surface area (Å²) in [7, 11) is 0. The van der Waals surface area contributed by atoms with Crippen LogP contribution in [0, 0.1) is 5.82 Å². The van der Waals surface area contributed by atoms with E-state index < -0.39 is 0 Å². The van der Waals surface area contributed by atoms with E-state index in [-0.39, 0.29) is 10.9 Å². The lowest BCUT2D eigenvalue weighted by Crippen LogP contribution is -2.46. The average Bonchev–Trinajstić information content (AvgIpc) is 2.65. The van der Waals surface area contributed by atoms with Crippen LogP contribution in [0.15, 0.2) is 47.6 Å². The number of thiocarbonyl (C=S) groups is 1. The smallest absolute Gasteiger partial charge is 0.184 e. The molecule has 3 rings (SSSR count). The minimum absolute atomic E-state index is 0.104. The first-order chi connectivity index (χ1) is 13.0. The maximum Gasteiger partial charge on any atom is 0.184 e. The highest BCUT2D eigenvalue weighted by atomic mass is 35.5. The summed E-state index contributed by atoms with van der Waals surface area (Å²) >= 11 is 11.1. The molecule has 1 aliphatic rings. The van der Waals surface area contributed by atoms with Crippen LogP contribution < -0.4 is 16.1 Å². The van der Waals surface area contributed by atoms with Crippen molar-refractivity contribution in [1.82, 2.24) is 10.3 Å². The molecule has 3 N–H and O–H groups in total. The van der Waals surface area contributed by atoms with Crippen LogP contribution >= 0.6 is 23.8 Å². The molecular weight excluding hydrogens is 385 g/mol. The molecule has 0 atom stereocenters. The summed E-state index contributed by atoms with van der Waals surface area (Å²) in [4.78, 5) is 4.54. The van der Waals surface area contributed by atoms with E-state index in [9.17, 15) is 4.39 Å². The molecule has 0 spiro atoms. The van der Waals surface area contributed by atoms with Gasteiger partial charge in [0.1, 0.15) is 5.82 Å². The van der Waals surface area contributed by atoms with Gasteiger partial charge in [0.25, 0.3) is 0 Å². The maximum absolute atomic E-state index is 13.8. The summed E-state index contributed by atoms with van der Waals surface area (Å²) in [6, 6.07) is 12.8. The molecule has 0 unspecified atom stereocenters. The zero-order chi connectivity index (χ0) is 19.2. The van der Waals surface area contributed by atoms with Gasteiger partial charge in [0.05, 0.1) is 11.2 Å². The standard InChI is InChI=1S/C19H21ClFN5S/c20-17-11-16(6-5-14(17)12-23-24-19(22)27)26-9-7-25(8-10-26)13-15-3-1-2-4-18(15)21/h1-6,11-12H,7-10,13H2,(H3,22,24,27)/b23-12+. The van der Waals surface area contributed by atoms with Crippen molar-refractivity contribution in [3.63, 3.8) is 0 Å². The van der Waals surface area contributed by atoms with Gasteiger partial charge in [-0.15, -0.1) is 0 Å². The first kappa shape index (κ1) is 19.5. The minimum atomic E-state index is -0.145. The van der Waals surface area contributed by atoms with Gasteiger partial charge in [0, 0.05) is 49.5 Å². The molecule has 1 aliphatic heterocycles. The average molecular weight is 406 g/mol. The van der Waals surface area contributed by atoms with Crippen LogP contribution in [0.5, 0.6) is 0 Å². The molecule has 0 radical (unpaired) electrons.